The largest absolute Gasteiger partial charge is 0.346 e. The molecule has 7 nitrogen and oxygen atoms in total. The number of hydrogen-bond donors (Lipinski definition) is 2. The average molecular weight is 382 g/mol. The lowest BCUT2D eigenvalue weighted by molar-refractivity contribution is -0.0400. The number of hydrogen-bond acceptors (Lipinski definition) is 5. The highest BCUT2D eigenvalue weighted by atomic mass is 35.5. The maximum atomic E-state index is 13.2. The van der Waals surface area contributed by atoms with Crippen LogP contribution in [-0.2, 0) is 0 Å². The summed E-state index contributed by atoms with van der Waals surface area (Å²) in [6.07, 6.45) is 3.11. The van der Waals surface area contributed by atoms with E-state index in [-0.39, 0.29) is 43.4 Å². The van der Waals surface area contributed by atoms with Gasteiger partial charge < -0.3 is 14.8 Å². The average Bonchev–Trinajstić information content (AvgIpc) is 3.26. The van der Waals surface area contributed by atoms with E-state index in [4.69, 9.17) is 16.1 Å². The van der Waals surface area contributed by atoms with Gasteiger partial charge >= 0.3 is 11.8 Å². The molecule has 136 valence electrons. The molecule has 3 heterocycles. The summed E-state index contributed by atoms with van der Waals surface area (Å²) in [5.74, 6) is -3.36. The van der Waals surface area contributed by atoms with Gasteiger partial charge in [0.1, 0.15) is 5.65 Å². The molecule has 3 aromatic rings. The number of halogens is 3. The fraction of sp³-hybridized carbons (Fsp3) is 0.375. The smallest absolute Gasteiger partial charge is 0.316 e. The summed E-state index contributed by atoms with van der Waals surface area (Å²) in [6, 6.07) is 1.43. The van der Waals surface area contributed by atoms with Crippen LogP contribution in [0.5, 0.6) is 0 Å². The Hall–Kier alpha value is -2.55. The molecule has 0 aromatic carbocycles. The van der Waals surface area contributed by atoms with Crippen LogP contribution in [0, 0.1) is 0 Å². The fourth-order valence-electron chi connectivity index (χ4n) is 2.99. The van der Waals surface area contributed by atoms with E-state index in [2.05, 4.69) is 25.4 Å². The number of alkyl halides is 2. The molecule has 2 N–H and O–H groups in total. The molecule has 1 aliphatic carbocycles. The van der Waals surface area contributed by atoms with Gasteiger partial charge in [0.2, 0.25) is 11.7 Å². The van der Waals surface area contributed by atoms with Crippen LogP contribution in [0.4, 0.5) is 8.78 Å². The van der Waals surface area contributed by atoms with E-state index in [9.17, 15) is 13.6 Å². The molecular weight excluding hydrogens is 368 g/mol. The fourth-order valence-corrected chi connectivity index (χ4v) is 3.27. The van der Waals surface area contributed by atoms with Gasteiger partial charge in [-0.2, -0.15) is 4.98 Å². The quantitative estimate of drug-likeness (QED) is 0.722. The summed E-state index contributed by atoms with van der Waals surface area (Å²) in [6.45, 7) is 0. The predicted octanol–water partition coefficient (Wildman–Crippen LogP) is 3.57. The molecule has 0 bridgehead atoms. The van der Waals surface area contributed by atoms with Crippen molar-refractivity contribution in [1.29, 1.82) is 0 Å². The normalized spacial score (nSPS) is 17.5. The highest BCUT2D eigenvalue weighted by Gasteiger charge is 2.35. The van der Waals surface area contributed by atoms with Gasteiger partial charge in [-0.05, 0) is 18.9 Å². The van der Waals surface area contributed by atoms with E-state index in [0.29, 0.717) is 21.6 Å². The van der Waals surface area contributed by atoms with E-state index in [1.807, 2.05) is 0 Å². The summed E-state index contributed by atoms with van der Waals surface area (Å²) in [4.78, 5) is 23.4. The Morgan fingerprint density at radius 3 is 2.92 bits per heavy atom. The Kier molecular flexibility index (Phi) is 4.10. The monoisotopic (exact) mass is 381 g/mol. The van der Waals surface area contributed by atoms with Crippen LogP contribution in [0.3, 0.4) is 0 Å². The Bertz CT molecular complexity index is 961. The molecule has 0 unspecified atom stereocenters. The zero-order chi connectivity index (χ0) is 18.3. The number of aromatic amines is 1. The molecule has 1 amide bonds. The molecule has 0 aliphatic heterocycles. The van der Waals surface area contributed by atoms with E-state index >= 15 is 0 Å². The third kappa shape index (κ3) is 3.14. The second kappa shape index (κ2) is 6.31. The summed E-state index contributed by atoms with van der Waals surface area (Å²) < 4.78 is 31.4. The number of pyridine rings is 1. The molecule has 0 spiro atoms. The zero-order valence-electron chi connectivity index (χ0n) is 13.4. The van der Waals surface area contributed by atoms with Gasteiger partial charge in [0, 0.05) is 36.7 Å². The number of amides is 1. The number of carbonyl (C=O) groups excluding carboxylic acids is 1. The van der Waals surface area contributed by atoms with Crippen molar-refractivity contribution in [3.63, 3.8) is 0 Å². The van der Waals surface area contributed by atoms with Gasteiger partial charge in [0.15, 0.2) is 0 Å². The summed E-state index contributed by atoms with van der Waals surface area (Å²) in [7, 11) is 0. The van der Waals surface area contributed by atoms with Crippen molar-refractivity contribution in [2.75, 3.05) is 0 Å². The molecule has 0 atom stereocenters. The maximum Gasteiger partial charge on any atom is 0.316 e. The zero-order valence-corrected chi connectivity index (χ0v) is 14.2. The van der Waals surface area contributed by atoms with Gasteiger partial charge in [0.05, 0.1) is 10.6 Å². The van der Waals surface area contributed by atoms with Crippen LogP contribution in [0.25, 0.3) is 22.4 Å². The highest BCUT2D eigenvalue weighted by molar-refractivity contribution is 6.37. The van der Waals surface area contributed by atoms with Crippen molar-refractivity contribution in [3.8, 4) is 11.4 Å². The summed E-state index contributed by atoms with van der Waals surface area (Å²) >= 11 is 6.34. The van der Waals surface area contributed by atoms with Crippen molar-refractivity contribution in [3.05, 3.63) is 29.4 Å². The third-order valence-electron chi connectivity index (χ3n) is 4.43. The molecule has 10 heteroatoms. The first-order valence-corrected chi connectivity index (χ1v) is 8.45. The number of aromatic nitrogens is 4. The van der Waals surface area contributed by atoms with Crippen LogP contribution in [-0.4, -0.2) is 38.0 Å². The van der Waals surface area contributed by atoms with Crippen molar-refractivity contribution >= 4 is 28.5 Å². The van der Waals surface area contributed by atoms with Crippen LogP contribution >= 0.6 is 11.6 Å². The van der Waals surface area contributed by atoms with Crippen molar-refractivity contribution in [1.82, 2.24) is 25.4 Å². The summed E-state index contributed by atoms with van der Waals surface area (Å²) in [5.41, 5.74) is 1.05. The number of carbonyl (C=O) groups is 1. The molecule has 26 heavy (non-hydrogen) atoms. The topological polar surface area (TPSA) is 96.7 Å². The third-order valence-corrected chi connectivity index (χ3v) is 4.84. The van der Waals surface area contributed by atoms with Crippen molar-refractivity contribution in [2.24, 2.45) is 0 Å². The second-order valence-corrected chi connectivity index (χ2v) is 6.63. The lowest BCUT2D eigenvalue weighted by atomic mass is 9.92. The number of fused-ring (bicyclic) bond motifs is 1. The van der Waals surface area contributed by atoms with Crippen LogP contribution in [0.2, 0.25) is 5.02 Å². The van der Waals surface area contributed by atoms with Crippen molar-refractivity contribution < 1.29 is 18.1 Å². The van der Waals surface area contributed by atoms with Crippen molar-refractivity contribution in [2.45, 2.75) is 37.6 Å². The first-order chi connectivity index (χ1) is 12.4. The van der Waals surface area contributed by atoms with E-state index in [1.165, 1.54) is 6.20 Å². The minimum Gasteiger partial charge on any atom is -0.346 e. The Morgan fingerprint density at radius 1 is 1.38 bits per heavy atom. The lowest BCUT2D eigenvalue weighted by Gasteiger charge is -2.28. The number of nitrogens with one attached hydrogen (secondary N) is 2. The Morgan fingerprint density at radius 2 is 2.15 bits per heavy atom. The predicted molar refractivity (Wildman–Crippen MR) is 89.1 cm³/mol. The first kappa shape index (κ1) is 16.9. The SMILES string of the molecule is O=C(NC1CCC(F)(F)CC1)c1nc(-c2cnc3[nH]ccc3c2Cl)no1. The molecular formula is C16H14ClF2N5O2. The lowest BCUT2D eigenvalue weighted by Crippen LogP contribution is -2.40. The number of H-pyrrole nitrogens is 1. The second-order valence-electron chi connectivity index (χ2n) is 6.25. The Labute approximate surface area is 151 Å². The van der Waals surface area contributed by atoms with Crippen LogP contribution in [0.15, 0.2) is 23.0 Å². The van der Waals surface area contributed by atoms with E-state index in [0.717, 1.165) is 0 Å². The first-order valence-electron chi connectivity index (χ1n) is 8.07. The summed E-state index contributed by atoms with van der Waals surface area (Å²) in [5, 5.41) is 7.51. The Balaban J connectivity index is 1.50. The van der Waals surface area contributed by atoms with Gasteiger partial charge in [-0.25, -0.2) is 13.8 Å². The highest BCUT2D eigenvalue weighted by Crippen LogP contribution is 2.33. The minimum absolute atomic E-state index is 0.130. The molecule has 1 fully saturated rings. The van der Waals surface area contributed by atoms with Gasteiger partial charge in [0.25, 0.3) is 0 Å². The molecule has 1 saturated carbocycles. The standard InChI is InChI=1S/C16H14ClF2N5O2/c17-11-9-3-6-20-12(9)21-7-10(11)13-23-15(26-24-13)14(25)22-8-1-4-16(18,19)5-2-8/h3,6-8H,1-2,4-5H2,(H,20,21)(H,22,25). The molecule has 0 radical (unpaired) electrons. The number of rotatable bonds is 3. The van der Waals surface area contributed by atoms with Gasteiger partial charge in [-0.1, -0.05) is 16.8 Å². The minimum atomic E-state index is -2.65. The molecule has 1 aliphatic rings. The maximum absolute atomic E-state index is 13.2. The molecule has 3 aromatic heterocycles. The van der Waals surface area contributed by atoms with Crippen LogP contribution in [0.1, 0.15) is 36.4 Å². The van der Waals surface area contributed by atoms with E-state index in [1.54, 1.807) is 12.3 Å². The van der Waals surface area contributed by atoms with Gasteiger partial charge in [-0.15, -0.1) is 0 Å². The number of nitrogens with zero attached hydrogens (tertiary/aromatic N) is 3. The van der Waals surface area contributed by atoms with Gasteiger partial charge in [-0.3, -0.25) is 4.79 Å². The molecule has 4 rings (SSSR count). The van der Waals surface area contributed by atoms with E-state index < -0.39 is 11.8 Å². The van der Waals surface area contributed by atoms with Crippen LogP contribution < -0.4 is 5.32 Å². The molecule has 0 saturated heterocycles.